The molecule has 1 saturated heterocycles. The van der Waals surface area contributed by atoms with Crippen molar-refractivity contribution in [3.05, 3.63) is 51.7 Å². The minimum atomic E-state index is 0.353. The van der Waals surface area contributed by atoms with E-state index in [0.29, 0.717) is 12.1 Å². The third kappa shape index (κ3) is 1.44. The molecule has 92 valence electrons. The number of rotatable bonds is 1. The summed E-state index contributed by atoms with van der Waals surface area (Å²) in [7, 11) is 0. The lowest BCUT2D eigenvalue weighted by atomic mass is 10.0. The molecule has 2 atom stereocenters. The van der Waals surface area contributed by atoms with Gasteiger partial charge in [-0.05, 0) is 35.6 Å². The minimum absolute atomic E-state index is 0.353. The van der Waals surface area contributed by atoms with Crippen LogP contribution in [-0.2, 0) is 11.3 Å². The molecule has 0 aliphatic carbocycles. The molecular weight excluding hydrogens is 242 g/mol. The van der Waals surface area contributed by atoms with E-state index in [1.807, 2.05) is 11.3 Å². The Balaban J connectivity index is 1.80. The van der Waals surface area contributed by atoms with Gasteiger partial charge in [-0.3, -0.25) is 4.84 Å². The van der Waals surface area contributed by atoms with Crippen molar-refractivity contribution in [2.45, 2.75) is 31.9 Å². The van der Waals surface area contributed by atoms with Crippen LogP contribution in [0.4, 0.5) is 5.69 Å². The summed E-state index contributed by atoms with van der Waals surface area (Å²) in [4.78, 5) is 7.51. The van der Waals surface area contributed by atoms with Crippen molar-refractivity contribution in [3.8, 4) is 0 Å². The van der Waals surface area contributed by atoms with E-state index in [1.54, 1.807) is 0 Å². The van der Waals surface area contributed by atoms with Crippen LogP contribution in [0.15, 0.2) is 35.7 Å². The topological polar surface area (TPSA) is 12.5 Å². The van der Waals surface area contributed by atoms with Gasteiger partial charge >= 0.3 is 0 Å². The second-order valence-corrected chi connectivity index (χ2v) is 6.05. The number of para-hydroxylation sites is 1. The Morgan fingerprint density at radius 3 is 3.00 bits per heavy atom. The van der Waals surface area contributed by atoms with Crippen LogP contribution in [0.25, 0.3) is 0 Å². The molecule has 0 saturated carbocycles. The van der Waals surface area contributed by atoms with Crippen LogP contribution in [0.3, 0.4) is 0 Å². The fourth-order valence-corrected chi connectivity index (χ4v) is 4.07. The molecule has 2 aromatic rings. The van der Waals surface area contributed by atoms with E-state index in [2.05, 4.69) is 47.7 Å². The average Bonchev–Trinajstić information content (AvgIpc) is 2.94. The molecule has 2 aliphatic heterocycles. The molecule has 0 unspecified atom stereocenters. The summed E-state index contributed by atoms with van der Waals surface area (Å²) in [6, 6.07) is 11.2. The van der Waals surface area contributed by atoms with Crippen LogP contribution >= 0.6 is 11.3 Å². The lowest BCUT2D eigenvalue weighted by Gasteiger charge is -2.29. The Bertz CT molecular complexity index is 592. The van der Waals surface area contributed by atoms with Gasteiger partial charge in [-0.15, -0.1) is 11.3 Å². The minimum Gasteiger partial charge on any atom is -0.269 e. The number of nitrogens with zero attached hydrogens (tertiary/aromatic N) is 1. The van der Waals surface area contributed by atoms with Gasteiger partial charge in [-0.1, -0.05) is 18.2 Å². The van der Waals surface area contributed by atoms with Crippen LogP contribution in [0.2, 0.25) is 0 Å². The Morgan fingerprint density at radius 1 is 1.28 bits per heavy atom. The summed E-state index contributed by atoms with van der Waals surface area (Å²) in [5.41, 5.74) is 4.06. The molecule has 1 fully saturated rings. The highest BCUT2D eigenvalue weighted by molar-refractivity contribution is 7.10. The second kappa shape index (κ2) is 3.84. The Labute approximate surface area is 111 Å². The highest BCUT2D eigenvalue weighted by Crippen LogP contribution is 2.46. The summed E-state index contributed by atoms with van der Waals surface area (Å²) in [6.07, 6.45) is 2.51. The maximum Gasteiger partial charge on any atom is 0.0935 e. The van der Waals surface area contributed by atoms with Gasteiger partial charge in [0.15, 0.2) is 0 Å². The molecule has 2 bridgehead atoms. The molecule has 2 aliphatic rings. The zero-order valence-electron chi connectivity index (χ0n) is 10.3. The first-order chi connectivity index (χ1) is 8.83. The molecule has 4 rings (SSSR count). The Hall–Kier alpha value is -1.32. The molecule has 0 spiro atoms. The van der Waals surface area contributed by atoms with Gasteiger partial charge in [0.25, 0.3) is 0 Å². The van der Waals surface area contributed by atoms with Crippen molar-refractivity contribution in [2.75, 3.05) is 5.06 Å². The number of anilines is 1. The zero-order chi connectivity index (χ0) is 12.1. The van der Waals surface area contributed by atoms with Gasteiger partial charge < -0.3 is 0 Å². The van der Waals surface area contributed by atoms with Crippen LogP contribution in [0.1, 0.15) is 28.5 Å². The summed E-state index contributed by atoms with van der Waals surface area (Å²) < 4.78 is 0. The normalized spacial score (nSPS) is 25.3. The maximum atomic E-state index is 6.06. The number of hydroxylamine groups is 1. The molecule has 3 heteroatoms. The van der Waals surface area contributed by atoms with Crippen LogP contribution in [0, 0.1) is 6.92 Å². The summed E-state index contributed by atoms with van der Waals surface area (Å²) in [5.74, 6) is 0. The molecule has 3 heterocycles. The first-order valence-corrected chi connectivity index (χ1v) is 7.29. The van der Waals surface area contributed by atoms with Gasteiger partial charge in [-0.25, -0.2) is 5.06 Å². The molecule has 1 aromatic heterocycles. The van der Waals surface area contributed by atoms with Crippen molar-refractivity contribution in [3.63, 3.8) is 0 Å². The third-order valence-electron chi connectivity index (χ3n) is 3.91. The average molecular weight is 257 g/mol. The molecule has 0 radical (unpaired) electrons. The molecule has 0 amide bonds. The fourth-order valence-electron chi connectivity index (χ4n) is 3.05. The van der Waals surface area contributed by atoms with Crippen LogP contribution in [-0.4, -0.2) is 6.10 Å². The van der Waals surface area contributed by atoms with Crippen molar-refractivity contribution in [1.29, 1.82) is 0 Å². The van der Waals surface area contributed by atoms with Crippen molar-refractivity contribution in [2.24, 2.45) is 0 Å². The standard InChI is InChI=1S/C15H15NOS/c1-10-6-7-18-15(10)14-9-12-8-11-4-2-3-5-13(11)16(14)17-12/h2-7,12,14H,8-9H2,1H3/t12-,14+/m1/s1. The number of thiophene rings is 1. The first kappa shape index (κ1) is 10.6. The highest BCUT2D eigenvalue weighted by Gasteiger charge is 2.40. The van der Waals surface area contributed by atoms with Crippen LogP contribution < -0.4 is 5.06 Å². The monoisotopic (exact) mass is 257 g/mol. The molecular formula is C15H15NOS. The molecule has 2 nitrogen and oxygen atoms in total. The fraction of sp³-hybridized carbons (Fsp3) is 0.333. The number of fused-ring (bicyclic) bond motifs is 4. The molecule has 1 aromatic carbocycles. The van der Waals surface area contributed by atoms with Gasteiger partial charge in [0.1, 0.15) is 0 Å². The van der Waals surface area contributed by atoms with Gasteiger partial charge in [0.05, 0.1) is 17.8 Å². The highest BCUT2D eigenvalue weighted by atomic mass is 32.1. The maximum absolute atomic E-state index is 6.06. The van der Waals surface area contributed by atoms with E-state index in [4.69, 9.17) is 4.84 Å². The van der Waals surface area contributed by atoms with E-state index >= 15 is 0 Å². The van der Waals surface area contributed by atoms with E-state index < -0.39 is 0 Å². The van der Waals surface area contributed by atoms with E-state index in [-0.39, 0.29) is 0 Å². The quantitative estimate of drug-likeness (QED) is 0.769. The smallest absolute Gasteiger partial charge is 0.0935 e. The number of hydrogen-bond donors (Lipinski definition) is 0. The lowest BCUT2D eigenvalue weighted by Crippen LogP contribution is -2.27. The summed E-state index contributed by atoms with van der Waals surface area (Å²) >= 11 is 1.85. The largest absolute Gasteiger partial charge is 0.269 e. The van der Waals surface area contributed by atoms with E-state index in [1.165, 1.54) is 21.7 Å². The van der Waals surface area contributed by atoms with E-state index in [9.17, 15) is 0 Å². The lowest BCUT2D eigenvalue weighted by molar-refractivity contribution is 0.0735. The Morgan fingerprint density at radius 2 is 2.17 bits per heavy atom. The van der Waals surface area contributed by atoms with Crippen molar-refractivity contribution >= 4 is 17.0 Å². The number of aryl methyl sites for hydroxylation is 1. The predicted molar refractivity (Wildman–Crippen MR) is 73.9 cm³/mol. The third-order valence-corrected chi connectivity index (χ3v) is 5.03. The predicted octanol–water partition coefficient (Wildman–Crippen LogP) is 3.86. The molecule has 18 heavy (non-hydrogen) atoms. The van der Waals surface area contributed by atoms with Crippen molar-refractivity contribution < 1.29 is 4.84 Å². The zero-order valence-corrected chi connectivity index (χ0v) is 11.1. The van der Waals surface area contributed by atoms with Gasteiger partial charge in [-0.2, -0.15) is 0 Å². The second-order valence-electron chi connectivity index (χ2n) is 5.11. The van der Waals surface area contributed by atoms with E-state index in [0.717, 1.165) is 12.8 Å². The number of benzene rings is 1. The summed E-state index contributed by atoms with van der Waals surface area (Å²) in [5, 5.41) is 4.32. The first-order valence-electron chi connectivity index (χ1n) is 6.41. The van der Waals surface area contributed by atoms with Gasteiger partial charge in [0, 0.05) is 17.7 Å². The number of hydrogen-bond acceptors (Lipinski definition) is 3. The summed E-state index contributed by atoms with van der Waals surface area (Å²) in [6.45, 7) is 2.20. The van der Waals surface area contributed by atoms with Crippen LogP contribution in [0.5, 0.6) is 0 Å². The molecule has 0 N–H and O–H groups in total. The Kier molecular flexibility index (Phi) is 2.26. The SMILES string of the molecule is Cc1ccsc1[C@@H]1C[C@H]2Cc3ccccc3N1O2. The van der Waals surface area contributed by atoms with Gasteiger partial charge in [0.2, 0.25) is 0 Å². The van der Waals surface area contributed by atoms with Crippen molar-refractivity contribution in [1.82, 2.24) is 0 Å².